The van der Waals surface area contributed by atoms with Crippen LogP contribution >= 0.6 is 0 Å². The van der Waals surface area contributed by atoms with Crippen LogP contribution in [0.3, 0.4) is 0 Å². The molecular weight excluding hydrogens is 420 g/mol. The fourth-order valence-electron chi connectivity index (χ4n) is 2.80. The summed E-state index contributed by atoms with van der Waals surface area (Å²) in [5.74, 6) is 1.89. The number of ether oxygens (including phenoxy) is 1. The number of nitrogens with one attached hydrogen (secondary N) is 2. The quantitative estimate of drug-likeness (QED) is 0.329. The molecule has 4 aromatic rings. The third-order valence-electron chi connectivity index (χ3n) is 4.36. The first-order chi connectivity index (χ1) is 16.1. The molecule has 7 heteroatoms. The Morgan fingerprint density at radius 3 is 1.42 bits per heavy atom. The van der Waals surface area contributed by atoms with Crippen molar-refractivity contribution in [2.24, 2.45) is 0 Å². The highest BCUT2D eigenvalue weighted by atomic mass is 16.5. The normalized spacial score (nSPS) is 11.0. The van der Waals surface area contributed by atoms with Crippen molar-refractivity contribution in [3.05, 3.63) is 109 Å². The van der Waals surface area contributed by atoms with Gasteiger partial charge < -0.3 is 24.2 Å². The Morgan fingerprint density at radius 1 is 0.636 bits per heavy atom. The van der Waals surface area contributed by atoms with Crippen molar-refractivity contribution in [3.8, 4) is 11.5 Å². The van der Waals surface area contributed by atoms with Crippen LogP contribution in [-0.2, 0) is 9.59 Å². The predicted octanol–water partition coefficient (Wildman–Crippen LogP) is 5.97. The number of carbonyl (C=O) groups is 2. The highest BCUT2D eigenvalue weighted by Gasteiger charge is 2.03. The Morgan fingerprint density at radius 2 is 1.06 bits per heavy atom. The number of benzene rings is 2. The van der Waals surface area contributed by atoms with Crippen LogP contribution in [-0.4, -0.2) is 11.8 Å². The Kier molecular flexibility index (Phi) is 6.82. The lowest BCUT2D eigenvalue weighted by atomic mass is 10.2. The van der Waals surface area contributed by atoms with Crippen LogP contribution in [0.15, 0.2) is 106 Å². The van der Waals surface area contributed by atoms with E-state index in [0.29, 0.717) is 34.4 Å². The van der Waals surface area contributed by atoms with E-state index in [2.05, 4.69) is 10.6 Å². The first-order valence-electron chi connectivity index (χ1n) is 10.1. The van der Waals surface area contributed by atoms with Crippen molar-refractivity contribution >= 4 is 35.3 Å². The van der Waals surface area contributed by atoms with Crippen molar-refractivity contribution in [1.82, 2.24) is 0 Å². The summed E-state index contributed by atoms with van der Waals surface area (Å²) in [5, 5.41) is 5.53. The van der Waals surface area contributed by atoms with E-state index in [1.165, 1.54) is 12.2 Å². The fourth-order valence-corrected chi connectivity index (χ4v) is 2.80. The summed E-state index contributed by atoms with van der Waals surface area (Å²) in [7, 11) is 0. The summed E-state index contributed by atoms with van der Waals surface area (Å²) < 4.78 is 16.1. The van der Waals surface area contributed by atoms with E-state index >= 15 is 0 Å². The summed E-state index contributed by atoms with van der Waals surface area (Å²) in [6.07, 6.45) is 9.07. The average molecular weight is 440 g/mol. The van der Waals surface area contributed by atoms with Gasteiger partial charge in [0.1, 0.15) is 23.0 Å². The zero-order valence-corrected chi connectivity index (χ0v) is 17.4. The summed E-state index contributed by atoms with van der Waals surface area (Å²) in [6, 6.07) is 21.0. The summed E-state index contributed by atoms with van der Waals surface area (Å²) in [4.78, 5) is 24.0. The average Bonchev–Trinajstić information content (AvgIpc) is 3.53. The molecule has 0 unspecified atom stereocenters. The molecule has 2 heterocycles. The topological polar surface area (TPSA) is 93.7 Å². The van der Waals surface area contributed by atoms with E-state index in [1.54, 1.807) is 97.5 Å². The van der Waals surface area contributed by atoms with Crippen LogP contribution < -0.4 is 15.4 Å². The van der Waals surface area contributed by atoms with Gasteiger partial charge in [-0.05, 0) is 84.9 Å². The first-order valence-corrected chi connectivity index (χ1v) is 10.1. The molecule has 0 spiro atoms. The predicted molar refractivity (Wildman–Crippen MR) is 126 cm³/mol. The molecule has 0 atom stereocenters. The SMILES string of the molecule is O=C(C=Cc1ccco1)Nc1ccc(Oc2ccc(NC(=O)C=Cc3ccco3)cc2)cc1. The molecule has 0 radical (unpaired) electrons. The highest BCUT2D eigenvalue weighted by Crippen LogP contribution is 2.24. The maximum Gasteiger partial charge on any atom is 0.248 e. The second-order valence-electron chi connectivity index (χ2n) is 6.83. The van der Waals surface area contributed by atoms with Crippen LogP contribution in [0.1, 0.15) is 11.5 Å². The van der Waals surface area contributed by atoms with Crippen molar-refractivity contribution in [2.75, 3.05) is 10.6 Å². The zero-order valence-electron chi connectivity index (χ0n) is 17.4. The molecule has 0 bridgehead atoms. The number of amides is 2. The minimum Gasteiger partial charge on any atom is -0.465 e. The van der Waals surface area contributed by atoms with Gasteiger partial charge in [-0.1, -0.05) is 0 Å². The van der Waals surface area contributed by atoms with Gasteiger partial charge in [-0.15, -0.1) is 0 Å². The number of rotatable bonds is 8. The zero-order chi connectivity index (χ0) is 22.9. The van der Waals surface area contributed by atoms with Gasteiger partial charge in [-0.25, -0.2) is 0 Å². The molecule has 0 aliphatic carbocycles. The Labute approximate surface area is 190 Å². The molecule has 2 amide bonds. The smallest absolute Gasteiger partial charge is 0.248 e. The molecule has 0 aliphatic heterocycles. The third kappa shape index (κ3) is 6.60. The molecule has 2 aromatic carbocycles. The van der Waals surface area contributed by atoms with Crippen LogP contribution in [0.25, 0.3) is 12.2 Å². The second-order valence-corrected chi connectivity index (χ2v) is 6.83. The number of anilines is 2. The maximum absolute atomic E-state index is 12.0. The minimum atomic E-state index is -0.267. The van der Waals surface area contributed by atoms with Gasteiger partial charge in [0, 0.05) is 23.5 Å². The van der Waals surface area contributed by atoms with E-state index in [9.17, 15) is 9.59 Å². The van der Waals surface area contributed by atoms with Crippen LogP contribution in [0.5, 0.6) is 11.5 Å². The monoisotopic (exact) mass is 440 g/mol. The van der Waals surface area contributed by atoms with Crippen molar-refractivity contribution < 1.29 is 23.2 Å². The Hall–Kier alpha value is -4.78. The van der Waals surface area contributed by atoms with Gasteiger partial charge >= 0.3 is 0 Å². The van der Waals surface area contributed by atoms with E-state index in [-0.39, 0.29) is 11.8 Å². The van der Waals surface area contributed by atoms with Crippen molar-refractivity contribution in [1.29, 1.82) is 0 Å². The molecule has 0 fully saturated rings. The lowest BCUT2D eigenvalue weighted by Crippen LogP contribution is -2.07. The maximum atomic E-state index is 12.0. The number of carbonyl (C=O) groups excluding carboxylic acids is 2. The third-order valence-corrected chi connectivity index (χ3v) is 4.36. The lowest BCUT2D eigenvalue weighted by Gasteiger charge is -2.08. The largest absolute Gasteiger partial charge is 0.465 e. The molecule has 7 nitrogen and oxygen atoms in total. The van der Waals surface area contributed by atoms with Crippen LogP contribution in [0.4, 0.5) is 11.4 Å². The highest BCUT2D eigenvalue weighted by molar-refractivity contribution is 6.02. The number of hydrogen-bond acceptors (Lipinski definition) is 5. The molecule has 2 aromatic heterocycles. The lowest BCUT2D eigenvalue weighted by molar-refractivity contribution is -0.112. The van der Waals surface area contributed by atoms with Gasteiger partial charge in [0.15, 0.2) is 0 Å². The standard InChI is InChI=1S/C26H20N2O5/c29-25(15-13-21-3-1-17-31-21)27-19-5-9-23(10-6-19)33-24-11-7-20(8-12-24)28-26(30)16-14-22-4-2-18-32-22/h1-18H,(H,27,29)(H,28,30). The molecule has 33 heavy (non-hydrogen) atoms. The Bertz CT molecular complexity index is 1140. The van der Waals surface area contributed by atoms with E-state index in [1.807, 2.05) is 0 Å². The van der Waals surface area contributed by atoms with Crippen LogP contribution in [0, 0.1) is 0 Å². The molecule has 0 saturated carbocycles. The van der Waals surface area contributed by atoms with Gasteiger partial charge in [0.05, 0.1) is 12.5 Å². The number of furan rings is 2. The second kappa shape index (κ2) is 10.5. The summed E-state index contributed by atoms with van der Waals surface area (Å²) in [6.45, 7) is 0. The fraction of sp³-hybridized carbons (Fsp3) is 0. The van der Waals surface area contributed by atoms with Gasteiger partial charge in [-0.3, -0.25) is 9.59 Å². The summed E-state index contributed by atoms with van der Waals surface area (Å²) >= 11 is 0. The van der Waals surface area contributed by atoms with E-state index < -0.39 is 0 Å². The molecule has 164 valence electrons. The Balaban J connectivity index is 1.27. The van der Waals surface area contributed by atoms with Gasteiger partial charge in [0.2, 0.25) is 11.8 Å². The van der Waals surface area contributed by atoms with Crippen LogP contribution in [0.2, 0.25) is 0 Å². The van der Waals surface area contributed by atoms with E-state index in [0.717, 1.165) is 0 Å². The first kappa shape index (κ1) is 21.5. The van der Waals surface area contributed by atoms with Gasteiger partial charge in [-0.2, -0.15) is 0 Å². The van der Waals surface area contributed by atoms with Crippen molar-refractivity contribution in [3.63, 3.8) is 0 Å². The van der Waals surface area contributed by atoms with Crippen molar-refractivity contribution in [2.45, 2.75) is 0 Å². The molecule has 4 rings (SSSR count). The van der Waals surface area contributed by atoms with E-state index in [4.69, 9.17) is 13.6 Å². The molecule has 0 aliphatic rings. The molecular formula is C26H20N2O5. The molecule has 2 N–H and O–H groups in total. The van der Waals surface area contributed by atoms with Gasteiger partial charge in [0.25, 0.3) is 0 Å². The number of hydrogen-bond donors (Lipinski definition) is 2. The summed E-state index contributed by atoms with van der Waals surface area (Å²) in [5.41, 5.74) is 1.27. The molecule has 0 saturated heterocycles. The minimum absolute atomic E-state index is 0.267.